The van der Waals surface area contributed by atoms with Gasteiger partial charge in [0.25, 0.3) is 0 Å². The minimum atomic E-state index is -0.413. The first kappa shape index (κ1) is 8.50. The van der Waals surface area contributed by atoms with E-state index in [4.69, 9.17) is 16.7 Å². The summed E-state index contributed by atoms with van der Waals surface area (Å²) in [5.41, 5.74) is 1.09. The summed E-state index contributed by atoms with van der Waals surface area (Å²) in [6.07, 6.45) is 0. The van der Waals surface area contributed by atoms with Crippen molar-refractivity contribution in [3.63, 3.8) is 0 Å². The highest BCUT2D eigenvalue weighted by Crippen LogP contribution is 2.19. The number of rotatable bonds is 1. The van der Waals surface area contributed by atoms with Crippen molar-refractivity contribution >= 4 is 11.6 Å². The lowest BCUT2D eigenvalue weighted by Crippen LogP contribution is -1.89. The van der Waals surface area contributed by atoms with E-state index in [9.17, 15) is 4.39 Å². The quantitative estimate of drug-likeness (QED) is 0.693. The Morgan fingerprint density at radius 3 is 2.64 bits per heavy atom. The molecule has 0 aliphatic rings. The van der Waals surface area contributed by atoms with Gasteiger partial charge in [0.15, 0.2) is 0 Å². The van der Waals surface area contributed by atoms with Gasteiger partial charge in [-0.2, -0.15) is 0 Å². The predicted molar refractivity (Wildman–Crippen MR) is 42.1 cm³/mol. The fourth-order valence-electron chi connectivity index (χ4n) is 0.889. The number of halogens is 2. The maximum atomic E-state index is 12.8. The molecule has 0 aliphatic carbocycles. The summed E-state index contributed by atoms with van der Waals surface area (Å²) < 4.78 is 12.8. The molecule has 3 heteroatoms. The molecule has 1 aromatic rings. The maximum absolute atomic E-state index is 12.8. The van der Waals surface area contributed by atoms with Crippen molar-refractivity contribution < 1.29 is 9.50 Å². The van der Waals surface area contributed by atoms with Gasteiger partial charge in [-0.1, -0.05) is 17.7 Å². The molecule has 0 saturated heterocycles. The molecule has 0 fully saturated rings. The highest BCUT2D eigenvalue weighted by atomic mass is 35.5. The zero-order valence-electron chi connectivity index (χ0n) is 6.06. The highest BCUT2D eigenvalue weighted by Gasteiger charge is 2.04. The van der Waals surface area contributed by atoms with Crippen LogP contribution in [0.5, 0.6) is 0 Å². The topological polar surface area (TPSA) is 20.2 Å². The average molecular weight is 175 g/mol. The van der Waals surface area contributed by atoms with Crippen LogP contribution in [-0.4, -0.2) is 5.11 Å². The van der Waals surface area contributed by atoms with E-state index in [0.717, 1.165) is 0 Å². The molecule has 11 heavy (non-hydrogen) atoms. The number of aliphatic hydroxyl groups is 1. The zero-order valence-corrected chi connectivity index (χ0v) is 6.82. The Balaban J connectivity index is 3.21. The number of hydrogen-bond acceptors (Lipinski definition) is 1. The van der Waals surface area contributed by atoms with Gasteiger partial charge in [-0.05, 0) is 24.1 Å². The first-order valence-electron chi connectivity index (χ1n) is 3.20. The molecule has 0 saturated carbocycles. The minimum Gasteiger partial charge on any atom is -0.392 e. The summed E-state index contributed by atoms with van der Waals surface area (Å²) in [5.74, 6) is -0.413. The van der Waals surface area contributed by atoms with Crippen LogP contribution in [-0.2, 0) is 6.61 Å². The third-order valence-electron chi connectivity index (χ3n) is 1.45. The molecular formula is C8H8ClFO. The van der Waals surface area contributed by atoms with Crippen molar-refractivity contribution in [3.8, 4) is 0 Å². The Bertz CT molecular complexity index is 250. The van der Waals surface area contributed by atoms with Gasteiger partial charge >= 0.3 is 0 Å². The van der Waals surface area contributed by atoms with Crippen LogP contribution in [0.4, 0.5) is 4.39 Å². The van der Waals surface area contributed by atoms with Gasteiger partial charge < -0.3 is 5.11 Å². The van der Waals surface area contributed by atoms with E-state index in [1.54, 1.807) is 13.0 Å². The van der Waals surface area contributed by atoms with Crippen LogP contribution < -0.4 is 0 Å². The van der Waals surface area contributed by atoms with Crippen molar-refractivity contribution in [2.45, 2.75) is 13.5 Å². The molecule has 0 aromatic heterocycles. The second kappa shape index (κ2) is 3.20. The minimum absolute atomic E-state index is 0.0639. The summed E-state index contributed by atoms with van der Waals surface area (Å²) in [4.78, 5) is 0. The molecule has 0 bridgehead atoms. The van der Waals surface area contributed by atoms with Gasteiger partial charge in [-0.3, -0.25) is 0 Å². The Kier molecular flexibility index (Phi) is 2.47. The van der Waals surface area contributed by atoms with Gasteiger partial charge in [0.05, 0.1) is 11.6 Å². The van der Waals surface area contributed by atoms with Gasteiger partial charge in [-0.15, -0.1) is 0 Å². The first-order chi connectivity index (χ1) is 5.15. The molecule has 0 unspecified atom stereocenters. The van der Waals surface area contributed by atoms with Gasteiger partial charge in [-0.25, -0.2) is 4.39 Å². The van der Waals surface area contributed by atoms with E-state index < -0.39 is 5.82 Å². The van der Waals surface area contributed by atoms with Gasteiger partial charge in [0.1, 0.15) is 5.82 Å². The molecule has 0 radical (unpaired) electrons. The maximum Gasteiger partial charge on any atom is 0.144 e. The Hall–Kier alpha value is -0.600. The number of aliphatic hydroxyl groups excluding tert-OH is 1. The second-order valence-electron chi connectivity index (χ2n) is 2.37. The molecule has 0 aliphatic heterocycles. The molecule has 60 valence electrons. The fourth-order valence-corrected chi connectivity index (χ4v) is 1.18. The predicted octanol–water partition coefficient (Wildman–Crippen LogP) is 2.28. The molecule has 0 spiro atoms. The molecule has 1 rings (SSSR count). The highest BCUT2D eigenvalue weighted by molar-refractivity contribution is 6.30. The number of aryl methyl sites for hydroxylation is 1. The van der Waals surface area contributed by atoms with E-state index in [1.807, 2.05) is 0 Å². The van der Waals surface area contributed by atoms with E-state index in [0.29, 0.717) is 11.1 Å². The smallest absolute Gasteiger partial charge is 0.144 e. The molecule has 0 atom stereocenters. The van der Waals surface area contributed by atoms with Crippen LogP contribution in [0.15, 0.2) is 12.1 Å². The van der Waals surface area contributed by atoms with Crippen LogP contribution in [0.3, 0.4) is 0 Å². The van der Waals surface area contributed by atoms with Gasteiger partial charge in [0.2, 0.25) is 0 Å². The lowest BCUT2D eigenvalue weighted by molar-refractivity contribution is 0.281. The second-order valence-corrected chi connectivity index (χ2v) is 2.77. The summed E-state index contributed by atoms with van der Waals surface area (Å²) in [6, 6.07) is 2.99. The SMILES string of the molecule is Cc1cc(CO)cc(Cl)c1F. The van der Waals surface area contributed by atoms with Gasteiger partial charge in [0, 0.05) is 0 Å². The summed E-state index contributed by atoms with van der Waals surface area (Å²) >= 11 is 5.51. The monoisotopic (exact) mass is 174 g/mol. The largest absolute Gasteiger partial charge is 0.392 e. The summed E-state index contributed by atoms with van der Waals surface area (Å²) in [6.45, 7) is 1.50. The van der Waals surface area contributed by atoms with E-state index in [2.05, 4.69) is 0 Å². The molecule has 1 nitrogen and oxygen atoms in total. The van der Waals surface area contributed by atoms with Crippen LogP contribution in [0.2, 0.25) is 5.02 Å². The van der Waals surface area contributed by atoms with E-state index in [-0.39, 0.29) is 11.6 Å². The normalized spacial score (nSPS) is 10.2. The van der Waals surface area contributed by atoms with E-state index >= 15 is 0 Å². The van der Waals surface area contributed by atoms with Crippen molar-refractivity contribution in [3.05, 3.63) is 34.1 Å². The van der Waals surface area contributed by atoms with Crippen molar-refractivity contribution in [2.75, 3.05) is 0 Å². The Morgan fingerprint density at radius 1 is 1.55 bits per heavy atom. The first-order valence-corrected chi connectivity index (χ1v) is 3.58. The molecule has 1 N–H and O–H groups in total. The number of benzene rings is 1. The molecule has 0 amide bonds. The Labute approximate surface area is 69.4 Å². The molecule has 0 heterocycles. The van der Waals surface area contributed by atoms with E-state index in [1.165, 1.54) is 6.07 Å². The zero-order chi connectivity index (χ0) is 8.43. The molecule has 1 aromatic carbocycles. The average Bonchev–Trinajstić information content (AvgIpc) is 1.99. The van der Waals surface area contributed by atoms with Crippen LogP contribution in [0, 0.1) is 12.7 Å². The third-order valence-corrected chi connectivity index (χ3v) is 1.73. The number of hydrogen-bond donors (Lipinski definition) is 1. The standard InChI is InChI=1S/C8H8ClFO/c1-5-2-6(4-11)3-7(9)8(5)10/h2-3,11H,4H2,1H3. The lowest BCUT2D eigenvalue weighted by atomic mass is 10.1. The van der Waals surface area contributed by atoms with Crippen molar-refractivity contribution in [2.24, 2.45) is 0 Å². The molecular weight excluding hydrogens is 167 g/mol. The van der Waals surface area contributed by atoms with Crippen molar-refractivity contribution in [1.29, 1.82) is 0 Å². The van der Waals surface area contributed by atoms with Crippen molar-refractivity contribution in [1.82, 2.24) is 0 Å². The van der Waals surface area contributed by atoms with Crippen LogP contribution >= 0.6 is 11.6 Å². The van der Waals surface area contributed by atoms with Crippen LogP contribution in [0.25, 0.3) is 0 Å². The lowest BCUT2D eigenvalue weighted by Gasteiger charge is -2.01. The Morgan fingerprint density at radius 2 is 2.18 bits per heavy atom. The summed E-state index contributed by atoms with van der Waals surface area (Å²) in [5, 5.41) is 8.76. The van der Waals surface area contributed by atoms with Crippen LogP contribution in [0.1, 0.15) is 11.1 Å². The third kappa shape index (κ3) is 1.70. The fraction of sp³-hybridized carbons (Fsp3) is 0.250. The summed E-state index contributed by atoms with van der Waals surface area (Å²) in [7, 11) is 0.